The Morgan fingerprint density at radius 1 is 1.23 bits per heavy atom. The number of carbonyl (C=O) groups excluding carboxylic acids is 1. The van der Waals surface area contributed by atoms with E-state index in [4.69, 9.17) is 4.74 Å². The lowest BCUT2D eigenvalue weighted by molar-refractivity contribution is 0.0451. The summed E-state index contributed by atoms with van der Waals surface area (Å²) in [7, 11) is 0. The third-order valence-electron chi connectivity index (χ3n) is 6.05. The summed E-state index contributed by atoms with van der Waals surface area (Å²) in [6, 6.07) is 9.36. The first-order valence-electron chi connectivity index (χ1n) is 10.4. The van der Waals surface area contributed by atoms with E-state index in [2.05, 4.69) is 27.0 Å². The summed E-state index contributed by atoms with van der Waals surface area (Å²) in [5.41, 5.74) is 2.75. The van der Waals surface area contributed by atoms with Crippen molar-refractivity contribution in [3.05, 3.63) is 74.6 Å². The van der Waals surface area contributed by atoms with Crippen LogP contribution >= 0.6 is 15.9 Å². The Kier molecular flexibility index (Phi) is 4.97. The summed E-state index contributed by atoms with van der Waals surface area (Å²) >= 11 is 3.50. The van der Waals surface area contributed by atoms with Gasteiger partial charge in [-0.25, -0.2) is 4.98 Å². The minimum Gasteiger partial charge on any atom is -0.488 e. The Hall–Kier alpha value is -2.87. The minimum atomic E-state index is -0.178. The van der Waals surface area contributed by atoms with Crippen molar-refractivity contribution in [1.29, 1.82) is 0 Å². The average molecular weight is 483 g/mol. The van der Waals surface area contributed by atoms with Crippen molar-refractivity contribution >= 4 is 21.8 Å². The van der Waals surface area contributed by atoms with Crippen molar-refractivity contribution in [3.63, 3.8) is 0 Å². The predicted molar refractivity (Wildman–Crippen MR) is 120 cm³/mol. The molecule has 0 saturated carbocycles. The van der Waals surface area contributed by atoms with Gasteiger partial charge in [0.25, 0.3) is 11.5 Å². The first-order chi connectivity index (χ1) is 14.9. The SMILES string of the molecule is Cc1cn(-c2ccc3n(c2=O)C[C@@H](C)N(CC2CCc4cc(Br)ccc4O2)C3=O)cn1. The molecular weight excluding hydrogens is 460 g/mol. The molecule has 8 heteroatoms. The quantitative estimate of drug-likeness (QED) is 0.573. The van der Waals surface area contributed by atoms with E-state index in [0.29, 0.717) is 24.5 Å². The van der Waals surface area contributed by atoms with Gasteiger partial charge in [-0.15, -0.1) is 0 Å². The van der Waals surface area contributed by atoms with Gasteiger partial charge in [0.1, 0.15) is 23.2 Å². The Labute approximate surface area is 188 Å². The van der Waals surface area contributed by atoms with Crippen LogP contribution in [-0.2, 0) is 13.0 Å². The molecule has 1 amide bonds. The summed E-state index contributed by atoms with van der Waals surface area (Å²) < 4.78 is 10.5. The maximum Gasteiger partial charge on any atom is 0.275 e. The van der Waals surface area contributed by atoms with Crippen molar-refractivity contribution in [3.8, 4) is 11.4 Å². The Morgan fingerprint density at radius 3 is 2.84 bits per heavy atom. The van der Waals surface area contributed by atoms with E-state index < -0.39 is 0 Å². The molecule has 1 unspecified atom stereocenters. The highest BCUT2D eigenvalue weighted by atomic mass is 79.9. The number of pyridine rings is 1. The molecule has 0 bridgehead atoms. The summed E-state index contributed by atoms with van der Waals surface area (Å²) in [4.78, 5) is 32.4. The van der Waals surface area contributed by atoms with Gasteiger partial charge in [0.2, 0.25) is 0 Å². The minimum absolute atomic E-state index is 0.0634. The second-order valence-electron chi connectivity index (χ2n) is 8.28. The monoisotopic (exact) mass is 482 g/mol. The van der Waals surface area contributed by atoms with Crippen molar-refractivity contribution in [2.24, 2.45) is 0 Å². The summed E-state index contributed by atoms with van der Waals surface area (Å²) in [5.74, 6) is 0.753. The molecule has 2 aliphatic rings. The largest absolute Gasteiger partial charge is 0.488 e. The Morgan fingerprint density at radius 2 is 2.06 bits per heavy atom. The number of halogens is 1. The number of amides is 1. The number of aromatic nitrogens is 3. The van der Waals surface area contributed by atoms with Crippen LogP contribution in [0.15, 0.2) is 52.1 Å². The zero-order chi connectivity index (χ0) is 21.7. The number of nitrogens with zero attached hydrogens (tertiary/aromatic N) is 4. The molecule has 0 spiro atoms. The Bertz CT molecular complexity index is 1230. The number of rotatable bonds is 3. The normalized spacial score (nSPS) is 20.2. The number of carbonyl (C=O) groups is 1. The number of aryl methyl sites for hydroxylation is 2. The van der Waals surface area contributed by atoms with Crippen LogP contribution < -0.4 is 10.3 Å². The number of benzene rings is 1. The number of hydrogen-bond acceptors (Lipinski definition) is 4. The standard InChI is InChI=1S/C23H23BrN4O3/c1-14-10-26(13-25-14)19-6-7-20-23(30)27(15(2)11-28(20)22(19)29)12-18-5-3-16-9-17(24)4-8-21(16)31-18/h4,6-10,13,15,18H,3,5,11-12H2,1-2H3/t15-,18?/m1/s1. The number of fused-ring (bicyclic) bond motifs is 2. The van der Waals surface area contributed by atoms with Crippen LogP contribution in [0, 0.1) is 6.92 Å². The predicted octanol–water partition coefficient (Wildman–Crippen LogP) is 3.34. The average Bonchev–Trinajstić information content (AvgIpc) is 3.18. The molecular formula is C23H23BrN4O3. The number of imidazole rings is 1. The highest BCUT2D eigenvalue weighted by Gasteiger charge is 2.34. The van der Waals surface area contributed by atoms with Crippen LogP contribution in [0.25, 0.3) is 5.69 Å². The molecule has 4 heterocycles. The fourth-order valence-electron chi connectivity index (χ4n) is 4.42. The maximum absolute atomic E-state index is 13.3. The molecule has 5 rings (SSSR count). The summed E-state index contributed by atoms with van der Waals surface area (Å²) in [5, 5.41) is 0. The zero-order valence-corrected chi connectivity index (χ0v) is 19.0. The Balaban J connectivity index is 1.39. The second kappa shape index (κ2) is 7.67. The van der Waals surface area contributed by atoms with Crippen LogP contribution in [-0.4, -0.2) is 43.6 Å². The van der Waals surface area contributed by atoms with E-state index >= 15 is 0 Å². The van der Waals surface area contributed by atoms with E-state index in [-0.39, 0.29) is 23.6 Å². The lowest BCUT2D eigenvalue weighted by atomic mass is 10.0. The summed E-state index contributed by atoms with van der Waals surface area (Å²) in [6.45, 7) is 4.82. The smallest absolute Gasteiger partial charge is 0.275 e. The van der Waals surface area contributed by atoms with Crippen molar-refractivity contribution < 1.29 is 9.53 Å². The van der Waals surface area contributed by atoms with Gasteiger partial charge in [0.15, 0.2) is 0 Å². The summed E-state index contributed by atoms with van der Waals surface area (Å²) in [6.07, 6.45) is 5.13. The lowest BCUT2D eigenvalue weighted by Gasteiger charge is -2.38. The van der Waals surface area contributed by atoms with Crippen LogP contribution in [0.1, 0.15) is 35.1 Å². The number of ether oxygens (including phenoxy) is 1. The van der Waals surface area contributed by atoms with Crippen LogP contribution in [0.4, 0.5) is 0 Å². The van der Waals surface area contributed by atoms with Gasteiger partial charge >= 0.3 is 0 Å². The van der Waals surface area contributed by atoms with Gasteiger partial charge in [-0.2, -0.15) is 0 Å². The van der Waals surface area contributed by atoms with Gasteiger partial charge in [-0.3, -0.25) is 9.59 Å². The van der Waals surface area contributed by atoms with E-state index in [1.54, 1.807) is 33.8 Å². The molecule has 160 valence electrons. The van der Waals surface area contributed by atoms with Gasteiger partial charge in [-0.1, -0.05) is 15.9 Å². The van der Waals surface area contributed by atoms with Gasteiger partial charge in [-0.05, 0) is 62.6 Å². The van der Waals surface area contributed by atoms with Gasteiger partial charge in [0, 0.05) is 23.3 Å². The molecule has 3 aromatic rings. The molecule has 0 saturated heterocycles. The molecule has 0 radical (unpaired) electrons. The fourth-order valence-corrected chi connectivity index (χ4v) is 4.83. The highest BCUT2D eigenvalue weighted by molar-refractivity contribution is 9.10. The first-order valence-corrected chi connectivity index (χ1v) is 11.2. The van der Waals surface area contributed by atoms with Crippen LogP contribution in [0.5, 0.6) is 5.75 Å². The maximum atomic E-state index is 13.3. The highest BCUT2D eigenvalue weighted by Crippen LogP contribution is 2.31. The molecule has 0 aliphatic carbocycles. The van der Waals surface area contributed by atoms with Crippen molar-refractivity contribution in [1.82, 2.24) is 19.0 Å². The van der Waals surface area contributed by atoms with E-state index in [0.717, 1.165) is 28.8 Å². The van der Waals surface area contributed by atoms with E-state index in [1.165, 1.54) is 5.56 Å². The third kappa shape index (κ3) is 3.59. The topological polar surface area (TPSA) is 69.4 Å². The molecule has 2 aliphatic heterocycles. The fraction of sp³-hybridized carbons (Fsp3) is 0.348. The number of hydrogen-bond donors (Lipinski definition) is 0. The molecule has 1 aromatic carbocycles. The molecule has 0 N–H and O–H groups in total. The molecule has 7 nitrogen and oxygen atoms in total. The van der Waals surface area contributed by atoms with Crippen molar-refractivity contribution in [2.75, 3.05) is 6.54 Å². The van der Waals surface area contributed by atoms with Gasteiger partial charge in [0.05, 0.1) is 18.6 Å². The molecule has 2 aromatic heterocycles. The van der Waals surface area contributed by atoms with Crippen LogP contribution in [0.3, 0.4) is 0 Å². The van der Waals surface area contributed by atoms with Gasteiger partial charge < -0.3 is 18.8 Å². The van der Waals surface area contributed by atoms with Crippen molar-refractivity contribution in [2.45, 2.75) is 45.4 Å². The van der Waals surface area contributed by atoms with E-state index in [1.807, 2.05) is 30.9 Å². The zero-order valence-electron chi connectivity index (χ0n) is 17.4. The molecule has 31 heavy (non-hydrogen) atoms. The first kappa shape index (κ1) is 20.1. The molecule has 0 fully saturated rings. The lowest BCUT2D eigenvalue weighted by Crippen LogP contribution is -2.53. The molecule has 2 atom stereocenters. The van der Waals surface area contributed by atoms with Crippen LogP contribution in [0.2, 0.25) is 0 Å². The van der Waals surface area contributed by atoms with E-state index in [9.17, 15) is 9.59 Å². The third-order valence-corrected chi connectivity index (χ3v) is 6.55. The second-order valence-corrected chi connectivity index (χ2v) is 9.19.